The molecule has 0 spiro atoms. The van der Waals surface area contributed by atoms with Gasteiger partial charge in [0.15, 0.2) is 0 Å². The van der Waals surface area contributed by atoms with Gasteiger partial charge >= 0.3 is 0 Å². The Bertz CT molecular complexity index is 709. The lowest BCUT2D eigenvalue weighted by Gasteiger charge is -2.07. The van der Waals surface area contributed by atoms with Crippen molar-refractivity contribution in [3.63, 3.8) is 0 Å². The molecule has 0 saturated carbocycles. The van der Waals surface area contributed by atoms with E-state index in [2.05, 4.69) is 28.9 Å². The van der Waals surface area contributed by atoms with Gasteiger partial charge in [0.1, 0.15) is 0 Å². The molecule has 2 rings (SSSR count). The van der Waals surface area contributed by atoms with Crippen LogP contribution in [0.25, 0.3) is 0 Å². The lowest BCUT2D eigenvalue weighted by Crippen LogP contribution is -2.21. The molecular weight excluding hydrogens is 306 g/mol. The summed E-state index contributed by atoms with van der Waals surface area (Å²) >= 11 is 1.44. The fraction of sp³-hybridized carbons (Fsp3) is 0.357. The number of thiophene rings is 1. The lowest BCUT2D eigenvalue weighted by molar-refractivity contribution is 0.592. The zero-order chi connectivity index (χ0) is 15.5. The van der Waals surface area contributed by atoms with Gasteiger partial charge in [-0.25, -0.2) is 8.42 Å². The van der Waals surface area contributed by atoms with Crippen LogP contribution in [-0.4, -0.2) is 19.4 Å². The van der Waals surface area contributed by atoms with Gasteiger partial charge in [-0.2, -0.15) is 0 Å². The van der Waals surface area contributed by atoms with Gasteiger partial charge in [-0.1, -0.05) is 13.8 Å². The third-order valence-corrected chi connectivity index (χ3v) is 5.22. The molecule has 2 N–H and O–H groups in total. The van der Waals surface area contributed by atoms with Crippen LogP contribution in [-0.2, 0) is 16.6 Å². The van der Waals surface area contributed by atoms with E-state index < -0.39 is 10.0 Å². The molecule has 2 heterocycles. The summed E-state index contributed by atoms with van der Waals surface area (Å²) in [6.45, 7) is 6.60. The first-order valence-corrected chi connectivity index (χ1v) is 8.99. The van der Waals surface area contributed by atoms with Crippen molar-refractivity contribution in [2.75, 3.05) is 4.72 Å². The molecule has 0 radical (unpaired) electrons. The minimum absolute atomic E-state index is 0.294. The molecule has 2 aromatic rings. The summed E-state index contributed by atoms with van der Waals surface area (Å²) in [6, 6.07) is 5.41. The Morgan fingerprint density at radius 3 is 2.76 bits per heavy atom. The molecule has 0 saturated heterocycles. The van der Waals surface area contributed by atoms with Gasteiger partial charge < -0.3 is 5.32 Å². The van der Waals surface area contributed by atoms with Crippen LogP contribution < -0.4 is 10.0 Å². The predicted octanol–water partition coefficient (Wildman–Crippen LogP) is 2.75. The van der Waals surface area contributed by atoms with Crippen LogP contribution in [0.4, 0.5) is 5.69 Å². The molecule has 0 unspecified atom stereocenters. The number of nitrogens with zero attached hydrogens (tertiary/aromatic N) is 1. The van der Waals surface area contributed by atoms with E-state index in [1.54, 1.807) is 29.8 Å². The van der Waals surface area contributed by atoms with Crippen LogP contribution in [0, 0.1) is 6.92 Å². The number of sulfonamides is 1. The first kappa shape index (κ1) is 15.9. The molecule has 21 heavy (non-hydrogen) atoms. The smallest absolute Gasteiger partial charge is 0.262 e. The van der Waals surface area contributed by atoms with Crippen molar-refractivity contribution in [2.24, 2.45) is 0 Å². The van der Waals surface area contributed by atoms with E-state index in [1.165, 1.54) is 11.3 Å². The normalized spacial score (nSPS) is 11.8. The Labute approximate surface area is 129 Å². The van der Waals surface area contributed by atoms with Crippen LogP contribution in [0.15, 0.2) is 34.7 Å². The predicted molar refractivity (Wildman–Crippen MR) is 86.1 cm³/mol. The first-order valence-electron chi connectivity index (χ1n) is 6.63. The molecule has 0 aliphatic rings. The van der Waals surface area contributed by atoms with Crippen molar-refractivity contribution in [3.8, 4) is 0 Å². The molecule has 0 atom stereocenters. The molecule has 114 valence electrons. The van der Waals surface area contributed by atoms with Gasteiger partial charge in [0.25, 0.3) is 10.0 Å². The zero-order valence-electron chi connectivity index (χ0n) is 12.3. The Kier molecular flexibility index (Phi) is 4.97. The molecular formula is C14H19N3O2S2. The lowest BCUT2D eigenvalue weighted by atomic mass is 10.3. The van der Waals surface area contributed by atoms with Gasteiger partial charge in [0, 0.05) is 34.7 Å². The number of rotatable bonds is 6. The number of aromatic nitrogens is 1. The Balaban J connectivity index is 2.12. The second-order valence-electron chi connectivity index (χ2n) is 5.08. The molecule has 0 bridgehead atoms. The quantitative estimate of drug-likeness (QED) is 0.857. The minimum atomic E-state index is -3.54. The van der Waals surface area contributed by atoms with Crippen LogP contribution in [0.1, 0.15) is 24.4 Å². The third-order valence-electron chi connectivity index (χ3n) is 2.77. The molecule has 0 amide bonds. The molecule has 0 aliphatic heterocycles. The highest BCUT2D eigenvalue weighted by Crippen LogP contribution is 2.22. The van der Waals surface area contributed by atoms with Gasteiger partial charge in [-0.15, -0.1) is 11.3 Å². The van der Waals surface area contributed by atoms with E-state index in [1.807, 2.05) is 6.92 Å². The van der Waals surface area contributed by atoms with Crippen LogP contribution in [0.3, 0.4) is 0 Å². The third kappa shape index (κ3) is 4.52. The highest BCUT2D eigenvalue weighted by molar-refractivity contribution is 7.92. The second kappa shape index (κ2) is 6.55. The average Bonchev–Trinajstić information content (AvgIpc) is 2.85. The summed E-state index contributed by atoms with van der Waals surface area (Å²) in [5.41, 5.74) is 1.29. The molecule has 0 aliphatic carbocycles. The van der Waals surface area contributed by atoms with Gasteiger partial charge in [0.2, 0.25) is 0 Å². The Morgan fingerprint density at radius 2 is 2.10 bits per heavy atom. The topological polar surface area (TPSA) is 71.1 Å². The summed E-state index contributed by atoms with van der Waals surface area (Å²) in [5.74, 6) is 0. The average molecular weight is 325 g/mol. The van der Waals surface area contributed by atoms with E-state index in [9.17, 15) is 8.42 Å². The van der Waals surface area contributed by atoms with E-state index in [0.717, 1.165) is 10.6 Å². The fourth-order valence-electron chi connectivity index (χ4n) is 1.72. The zero-order valence-corrected chi connectivity index (χ0v) is 13.9. The van der Waals surface area contributed by atoms with Crippen molar-refractivity contribution < 1.29 is 8.42 Å². The van der Waals surface area contributed by atoms with Crippen molar-refractivity contribution in [1.29, 1.82) is 0 Å². The van der Waals surface area contributed by atoms with E-state index in [4.69, 9.17) is 0 Å². The van der Waals surface area contributed by atoms with E-state index in [-0.39, 0.29) is 0 Å². The fourth-order valence-corrected chi connectivity index (χ4v) is 4.00. The maximum Gasteiger partial charge on any atom is 0.262 e. The van der Waals surface area contributed by atoms with Crippen molar-refractivity contribution >= 4 is 27.0 Å². The summed E-state index contributed by atoms with van der Waals surface area (Å²) < 4.78 is 27.2. The summed E-state index contributed by atoms with van der Waals surface area (Å²) in [7, 11) is -3.54. The Morgan fingerprint density at radius 1 is 1.33 bits per heavy atom. The highest BCUT2D eigenvalue weighted by Gasteiger charge is 2.16. The number of aryl methyl sites for hydroxylation is 1. The van der Waals surface area contributed by atoms with Crippen LogP contribution >= 0.6 is 11.3 Å². The monoisotopic (exact) mass is 325 g/mol. The first-order chi connectivity index (χ1) is 9.87. The summed E-state index contributed by atoms with van der Waals surface area (Å²) in [5, 5.41) is 4.93. The van der Waals surface area contributed by atoms with Gasteiger partial charge in [0.05, 0.1) is 10.6 Å². The van der Waals surface area contributed by atoms with Crippen molar-refractivity contribution in [1.82, 2.24) is 10.3 Å². The standard InChI is InChI=1S/C14H19N3O2S2/c1-10(2)16-8-13-7-14(9-20-13)21(18,19)17-12-4-5-15-11(3)6-12/h4-7,9-10,16H,8H2,1-3H3,(H,15,17). The number of pyridine rings is 1. The SMILES string of the molecule is Cc1cc(NS(=O)(=O)c2csc(CNC(C)C)c2)ccn1. The largest absolute Gasteiger partial charge is 0.310 e. The molecule has 0 aromatic carbocycles. The molecule has 0 fully saturated rings. The number of nitrogens with one attached hydrogen (secondary N) is 2. The summed E-state index contributed by atoms with van der Waals surface area (Å²) in [4.78, 5) is 5.34. The Hall–Kier alpha value is -1.44. The second-order valence-corrected chi connectivity index (χ2v) is 7.75. The molecule has 5 nitrogen and oxygen atoms in total. The minimum Gasteiger partial charge on any atom is -0.310 e. The highest BCUT2D eigenvalue weighted by atomic mass is 32.2. The van der Waals surface area contributed by atoms with Crippen LogP contribution in [0.5, 0.6) is 0 Å². The maximum absolute atomic E-state index is 12.3. The maximum atomic E-state index is 12.3. The van der Waals surface area contributed by atoms with Crippen molar-refractivity contribution in [3.05, 3.63) is 40.3 Å². The number of anilines is 1. The van der Waals surface area contributed by atoms with Crippen molar-refractivity contribution in [2.45, 2.75) is 38.3 Å². The number of hydrogen-bond donors (Lipinski definition) is 2. The van der Waals surface area contributed by atoms with Gasteiger partial charge in [-0.05, 0) is 25.1 Å². The van der Waals surface area contributed by atoms with Crippen LogP contribution in [0.2, 0.25) is 0 Å². The number of hydrogen-bond acceptors (Lipinski definition) is 5. The molecule has 7 heteroatoms. The van der Waals surface area contributed by atoms with Gasteiger partial charge in [-0.3, -0.25) is 9.71 Å². The van der Waals surface area contributed by atoms with E-state index >= 15 is 0 Å². The summed E-state index contributed by atoms with van der Waals surface area (Å²) in [6.07, 6.45) is 1.58. The van der Waals surface area contributed by atoms with E-state index in [0.29, 0.717) is 23.2 Å². The molecule has 2 aromatic heterocycles.